The van der Waals surface area contributed by atoms with Crippen molar-refractivity contribution in [1.29, 1.82) is 0 Å². The molecule has 0 radical (unpaired) electrons. The molecule has 0 aliphatic carbocycles. The maximum absolute atomic E-state index is 11.6. The van der Waals surface area contributed by atoms with E-state index in [-0.39, 0.29) is 12.6 Å². The Kier molecular flexibility index (Phi) is 6.03. The molecule has 1 fully saturated rings. The van der Waals surface area contributed by atoms with Crippen molar-refractivity contribution in [3.8, 4) is 0 Å². The van der Waals surface area contributed by atoms with Gasteiger partial charge in [-0.1, -0.05) is 36.4 Å². The Morgan fingerprint density at radius 2 is 2.23 bits per heavy atom. The highest BCUT2D eigenvalue weighted by molar-refractivity contribution is 5.70. The first kappa shape index (κ1) is 16.1. The van der Waals surface area contributed by atoms with Crippen LogP contribution in [0.2, 0.25) is 0 Å². The highest BCUT2D eigenvalue weighted by Gasteiger charge is 2.36. The van der Waals surface area contributed by atoms with Gasteiger partial charge in [-0.2, -0.15) is 0 Å². The van der Waals surface area contributed by atoms with Crippen molar-refractivity contribution < 1.29 is 19.4 Å². The number of rotatable bonds is 8. The van der Waals surface area contributed by atoms with Crippen LogP contribution in [0.25, 0.3) is 0 Å². The number of nitrogens with zero attached hydrogens (tertiary/aromatic N) is 1. The molecule has 118 valence electrons. The van der Waals surface area contributed by atoms with Gasteiger partial charge in [0.1, 0.15) is 13.2 Å². The molecule has 0 aromatic heterocycles. The van der Waals surface area contributed by atoms with E-state index in [1.165, 1.54) is 17.2 Å². The van der Waals surface area contributed by atoms with Crippen molar-refractivity contribution in [2.45, 2.75) is 25.2 Å². The van der Waals surface area contributed by atoms with Crippen LogP contribution in [-0.4, -0.2) is 41.4 Å². The highest BCUT2D eigenvalue weighted by atomic mass is 16.6. The van der Waals surface area contributed by atoms with Gasteiger partial charge in [0, 0.05) is 6.54 Å². The maximum Gasteiger partial charge on any atom is 0.410 e. The minimum absolute atomic E-state index is 0.181. The Balaban J connectivity index is 1.82. The quantitative estimate of drug-likeness (QED) is 0.592. The molecule has 2 rings (SSSR count). The number of hydrogen-bond acceptors (Lipinski definition) is 4. The summed E-state index contributed by atoms with van der Waals surface area (Å²) in [5, 5.41) is 10.2. The second-order valence-corrected chi connectivity index (χ2v) is 5.03. The summed E-state index contributed by atoms with van der Waals surface area (Å²) in [6, 6.07) is 9.36. The van der Waals surface area contributed by atoms with Crippen LogP contribution in [-0.2, 0) is 16.1 Å². The van der Waals surface area contributed by atoms with Gasteiger partial charge in [0.25, 0.3) is 0 Å². The minimum Gasteiger partial charge on any atom is -0.497 e. The highest BCUT2D eigenvalue weighted by Crippen LogP contribution is 2.17. The second-order valence-electron chi connectivity index (χ2n) is 5.03. The molecule has 0 bridgehead atoms. The number of cyclic esters (lactones) is 1. The third-order valence-electron chi connectivity index (χ3n) is 3.45. The molecule has 1 amide bonds. The van der Waals surface area contributed by atoms with Crippen molar-refractivity contribution in [1.82, 2.24) is 4.90 Å². The zero-order valence-corrected chi connectivity index (χ0v) is 12.4. The van der Waals surface area contributed by atoms with Crippen LogP contribution < -0.4 is 0 Å². The number of carbonyl (C=O) groups excluding carboxylic acids is 1. The standard InChI is InChI=1S/C17H21NO4/c1-2-3-10-18-15(13-22-17(18)20)16(19)9-11-21-12-14-7-5-4-6-8-14/h2,4-9,11,15-16,19H,1,3,10,12-13H2/b11-9+/t15-,16-/m1/s1. The topological polar surface area (TPSA) is 59.0 Å². The molecular weight excluding hydrogens is 282 g/mol. The van der Waals surface area contributed by atoms with Gasteiger partial charge in [-0.3, -0.25) is 4.90 Å². The SMILES string of the molecule is C=CCCN1C(=O)OC[C@@H]1[C@H](O)/C=C/OCc1ccccc1. The van der Waals surface area contributed by atoms with Gasteiger partial charge in [-0.25, -0.2) is 4.79 Å². The number of aliphatic hydroxyl groups is 1. The zero-order valence-electron chi connectivity index (χ0n) is 12.4. The van der Waals surface area contributed by atoms with Crippen LogP contribution in [0.15, 0.2) is 55.3 Å². The molecule has 1 heterocycles. The van der Waals surface area contributed by atoms with Gasteiger partial charge >= 0.3 is 6.09 Å². The molecule has 1 aromatic rings. The van der Waals surface area contributed by atoms with E-state index in [9.17, 15) is 9.90 Å². The van der Waals surface area contributed by atoms with Crippen molar-refractivity contribution in [2.24, 2.45) is 0 Å². The van der Waals surface area contributed by atoms with E-state index >= 15 is 0 Å². The molecule has 22 heavy (non-hydrogen) atoms. The summed E-state index contributed by atoms with van der Waals surface area (Å²) in [6.07, 6.45) is 4.17. The predicted octanol–water partition coefficient (Wildman–Crippen LogP) is 2.47. The maximum atomic E-state index is 11.6. The van der Waals surface area contributed by atoms with Crippen LogP contribution in [0.4, 0.5) is 4.79 Å². The fourth-order valence-electron chi connectivity index (χ4n) is 2.22. The van der Waals surface area contributed by atoms with E-state index in [0.717, 1.165) is 5.56 Å². The number of hydrogen-bond donors (Lipinski definition) is 1. The van der Waals surface area contributed by atoms with Gasteiger partial charge in [-0.15, -0.1) is 6.58 Å². The number of ether oxygens (including phenoxy) is 2. The van der Waals surface area contributed by atoms with Gasteiger partial charge in [0.05, 0.1) is 18.4 Å². The van der Waals surface area contributed by atoms with Gasteiger partial charge in [0.2, 0.25) is 0 Å². The zero-order chi connectivity index (χ0) is 15.8. The molecule has 5 nitrogen and oxygen atoms in total. The van der Waals surface area contributed by atoms with E-state index in [0.29, 0.717) is 19.6 Å². The summed E-state index contributed by atoms with van der Waals surface area (Å²) in [7, 11) is 0. The Morgan fingerprint density at radius 1 is 1.45 bits per heavy atom. The first-order valence-electron chi connectivity index (χ1n) is 7.27. The first-order valence-corrected chi connectivity index (χ1v) is 7.27. The lowest BCUT2D eigenvalue weighted by molar-refractivity contribution is 0.118. The molecule has 1 aliphatic rings. The van der Waals surface area contributed by atoms with Crippen LogP contribution in [0.1, 0.15) is 12.0 Å². The number of amides is 1. The van der Waals surface area contributed by atoms with Crippen molar-refractivity contribution in [3.63, 3.8) is 0 Å². The molecule has 1 aliphatic heterocycles. The fraction of sp³-hybridized carbons (Fsp3) is 0.353. The van der Waals surface area contributed by atoms with Gasteiger partial charge < -0.3 is 14.6 Å². The summed E-state index contributed by atoms with van der Waals surface area (Å²) in [5.41, 5.74) is 1.05. The van der Waals surface area contributed by atoms with Crippen molar-refractivity contribution in [3.05, 3.63) is 60.9 Å². The Bertz CT molecular complexity index is 515. The van der Waals surface area contributed by atoms with E-state index < -0.39 is 12.2 Å². The summed E-state index contributed by atoms with van der Waals surface area (Å²) in [4.78, 5) is 13.1. The summed E-state index contributed by atoms with van der Waals surface area (Å²) in [5.74, 6) is 0. The normalized spacial score (nSPS) is 19.2. The smallest absolute Gasteiger partial charge is 0.410 e. The molecule has 0 spiro atoms. The van der Waals surface area contributed by atoms with Gasteiger partial charge in [-0.05, 0) is 18.1 Å². The number of aliphatic hydroxyl groups excluding tert-OH is 1. The Morgan fingerprint density at radius 3 is 2.95 bits per heavy atom. The van der Waals surface area contributed by atoms with E-state index in [1.807, 2.05) is 30.3 Å². The molecule has 2 atom stereocenters. The molecule has 0 unspecified atom stereocenters. The van der Waals surface area contributed by atoms with Crippen LogP contribution in [0.5, 0.6) is 0 Å². The molecule has 1 aromatic carbocycles. The lowest BCUT2D eigenvalue weighted by Crippen LogP contribution is -2.41. The lowest BCUT2D eigenvalue weighted by Gasteiger charge is -2.23. The van der Waals surface area contributed by atoms with Gasteiger partial charge in [0.15, 0.2) is 0 Å². The largest absolute Gasteiger partial charge is 0.497 e. The number of benzene rings is 1. The monoisotopic (exact) mass is 303 g/mol. The Labute approximate surface area is 130 Å². The number of carbonyl (C=O) groups is 1. The van der Waals surface area contributed by atoms with Crippen LogP contribution in [0, 0.1) is 0 Å². The summed E-state index contributed by atoms with van der Waals surface area (Å²) < 4.78 is 10.4. The first-order chi connectivity index (χ1) is 10.7. The van der Waals surface area contributed by atoms with Crippen molar-refractivity contribution in [2.75, 3.05) is 13.2 Å². The summed E-state index contributed by atoms with van der Waals surface area (Å²) >= 11 is 0. The van der Waals surface area contributed by atoms with E-state index in [1.54, 1.807) is 6.08 Å². The molecular formula is C17H21NO4. The molecule has 5 heteroatoms. The van der Waals surface area contributed by atoms with E-state index in [2.05, 4.69) is 6.58 Å². The molecule has 0 saturated carbocycles. The van der Waals surface area contributed by atoms with Crippen LogP contribution in [0.3, 0.4) is 0 Å². The third kappa shape index (κ3) is 4.36. The van der Waals surface area contributed by atoms with Crippen molar-refractivity contribution >= 4 is 6.09 Å². The molecule has 1 N–H and O–H groups in total. The second kappa shape index (κ2) is 8.24. The lowest BCUT2D eigenvalue weighted by atomic mass is 10.1. The Hall–Kier alpha value is -2.27. The average molecular weight is 303 g/mol. The van der Waals surface area contributed by atoms with E-state index in [4.69, 9.17) is 9.47 Å². The third-order valence-corrected chi connectivity index (χ3v) is 3.45. The molecule has 1 saturated heterocycles. The fourth-order valence-corrected chi connectivity index (χ4v) is 2.22. The predicted molar refractivity (Wildman–Crippen MR) is 83.0 cm³/mol. The summed E-state index contributed by atoms with van der Waals surface area (Å²) in [6.45, 7) is 4.74. The minimum atomic E-state index is -0.827. The van der Waals surface area contributed by atoms with Crippen LogP contribution >= 0.6 is 0 Å². The average Bonchev–Trinajstić information content (AvgIpc) is 2.91.